The highest BCUT2D eigenvalue weighted by atomic mass is 16.5. The van der Waals surface area contributed by atoms with Gasteiger partial charge < -0.3 is 15.0 Å². The second-order valence-corrected chi connectivity index (χ2v) is 6.91. The molecule has 138 valence electrons. The lowest BCUT2D eigenvalue weighted by Gasteiger charge is -2.19. The number of benzene rings is 2. The molecule has 0 unspecified atom stereocenters. The van der Waals surface area contributed by atoms with Crippen molar-refractivity contribution in [3.05, 3.63) is 59.7 Å². The van der Waals surface area contributed by atoms with Gasteiger partial charge in [0.1, 0.15) is 5.75 Å². The highest BCUT2D eigenvalue weighted by molar-refractivity contribution is 5.81. The molecule has 1 aliphatic heterocycles. The number of nitrogens with one attached hydrogen (secondary N) is 1. The summed E-state index contributed by atoms with van der Waals surface area (Å²) in [5.74, 6) is 0.666. The zero-order chi connectivity index (χ0) is 18.4. The quantitative estimate of drug-likeness (QED) is 0.817. The summed E-state index contributed by atoms with van der Waals surface area (Å²) in [5.41, 5.74) is 3.49. The van der Waals surface area contributed by atoms with Crippen LogP contribution in [-0.2, 0) is 11.3 Å². The van der Waals surface area contributed by atoms with Crippen LogP contribution in [0.2, 0.25) is 0 Å². The van der Waals surface area contributed by atoms with Gasteiger partial charge in [0.15, 0.2) is 6.10 Å². The molecule has 4 nitrogen and oxygen atoms in total. The summed E-state index contributed by atoms with van der Waals surface area (Å²) in [6.07, 6.45) is 2.71. The van der Waals surface area contributed by atoms with E-state index in [9.17, 15) is 4.79 Å². The molecule has 26 heavy (non-hydrogen) atoms. The monoisotopic (exact) mass is 352 g/mol. The second kappa shape index (κ2) is 8.75. The molecule has 1 saturated heterocycles. The fourth-order valence-electron chi connectivity index (χ4n) is 3.28. The van der Waals surface area contributed by atoms with Crippen molar-refractivity contribution < 1.29 is 9.53 Å². The summed E-state index contributed by atoms with van der Waals surface area (Å²) < 4.78 is 5.86. The van der Waals surface area contributed by atoms with Gasteiger partial charge in [-0.15, -0.1) is 0 Å². The lowest BCUT2D eigenvalue weighted by molar-refractivity contribution is -0.128. The first kappa shape index (κ1) is 18.3. The third-order valence-electron chi connectivity index (χ3n) is 4.81. The van der Waals surface area contributed by atoms with Crippen molar-refractivity contribution >= 4 is 11.6 Å². The van der Waals surface area contributed by atoms with Crippen LogP contribution in [0.25, 0.3) is 0 Å². The molecular formula is C22H28N2O2. The van der Waals surface area contributed by atoms with E-state index in [-0.39, 0.29) is 5.91 Å². The van der Waals surface area contributed by atoms with Gasteiger partial charge in [0, 0.05) is 25.3 Å². The van der Waals surface area contributed by atoms with Gasteiger partial charge >= 0.3 is 0 Å². The molecule has 4 heteroatoms. The van der Waals surface area contributed by atoms with E-state index in [4.69, 9.17) is 4.74 Å². The van der Waals surface area contributed by atoms with Crippen molar-refractivity contribution in [1.29, 1.82) is 0 Å². The Balaban J connectivity index is 1.53. The number of carbonyl (C=O) groups is 1. The molecule has 0 bridgehead atoms. The van der Waals surface area contributed by atoms with Crippen molar-refractivity contribution in [2.75, 3.05) is 18.0 Å². The minimum absolute atomic E-state index is 0.0716. The third kappa shape index (κ3) is 4.78. The molecule has 0 aromatic heterocycles. The van der Waals surface area contributed by atoms with Gasteiger partial charge in [-0.25, -0.2) is 0 Å². The Kier molecular flexibility index (Phi) is 6.16. The lowest BCUT2D eigenvalue weighted by Crippen LogP contribution is -2.37. The number of nitrogens with zero attached hydrogens (tertiary/aromatic N) is 1. The normalized spacial score (nSPS) is 14.9. The zero-order valence-electron chi connectivity index (χ0n) is 15.7. The first-order valence-electron chi connectivity index (χ1n) is 9.50. The molecule has 1 heterocycles. The molecule has 0 saturated carbocycles. The number of anilines is 1. The van der Waals surface area contributed by atoms with Crippen LogP contribution in [0.4, 0.5) is 5.69 Å². The van der Waals surface area contributed by atoms with E-state index in [1.54, 1.807) is 0 Å². The zero-order valence-corrected chi connectivity index (χ0v) is 15.7. The van der Waals surface area contributed by atoms with Gasteiger partial charge in [0.25, 0.3) is 5.91 Å². The average molecular weight is 352 g/mol. The molecule has 2 aromatic carbocycles. The van der Waals surface area contributed by atoms with Gasteiger partial charge in [-0.2, -0.15) is 0 Å². The molecule has 1 amide bonds. The maximum Gasteiger partial charge on any atom is 0.261 e. The summed E-state index contributed by atoms with van der Waals surface area (Å²) in [6.45, 7) is 6.78. The Morgan fingerprint density at radius 3 is 2.54 bits per heavy atom. The highest BCUT2D eigenvalue weighted by Crippen LogP contribution is 2.20. The summed E-state index contributed by atoms with van der Waals surface area (Å²) in [4.78, 5) is 14.9. The van der Waals surface area contributed by atoms with Crippen molar-refractivity contribution in [3.8, 4) is 5.75 Å². The standard InChI is InChI=1S/C22H28N2O2/c1-3-21(26-20-8-6-7-17(2)15-20)22(25)23-16-18-9-11-19(12-10-18)24-13-4-5-14-24/h6-12,15,21H,3-5,13-14,16H2,1-2H3,(H,23,25)/t21-/m0/s1. The predicted octanol–water partition coefficient (Wildman–Crippen LogP) is 4.07. The number of amides is 1. The van der Waals surface area contributed by atoms with Crippen molar-refractivity contribution in [2.45, 2.75) is 45.8 Å². The van der Waals surface area contributed by atoms with Crippen molar-refractivity contribution in [2.24, 2.45) is 0 Å². The number of carbonyl (C=O) groups excluding carboxylic acids is 1. The first-order chi connectivity index (χ1) is 12.7. The van der Waals surface area contributed by atoms with E-state index < -0.39 is 6.10 Å². The van der Waals surface area contributed by atoms with E-state index >= 15 is 0 Å². The molecule has 1 atom stereocenters. The first-order valence-corrected chi connectivity index (χ1v) is 9.50. The van der Waals surface area contributed by atoms with Crippen LogP contribution in [-0.4, -0.2) is 25.1 Å². The van der Waals surface area contributed by atoms with Crippen LogP contribution < -0.4 is 15.0 Å². The van der Waals surface area contributed by atoms with E-state index in [1.807, 2.05) is 38.1 Å². The minimum atomic E-state index is -0.472. The van der Waals surface area contributed by atoms with Crippen molar-refractivity contribution in [1.82, 2.24) is 5.32 Å². The lowest BCUT2D eigenvalue weighted by atomic mass is 10.2. The van der Waals surface area contributed by atoms with Crippen LogP contribution in [0.1, 0.15) is 37.3 Å². The molecule has 1 N–H and O–H groups in total. The Labute approximate surface area is 156 Å². The molecule has 2 aromatic rings. The number of hydrogen-bond acceptors (Lipinski definition) is 3. The number of aryl methyl sites for hydroxylation is 1. The maximum absolute atomic E-state index is 12.5. The smallest absolute Gasteiger partial charge is 0.261 e. The molecule has 1 aliphatic rings. The Morgan fingerprint density at radius 1 is 1.15 bits per heavy atom. The van der Waals surface area contributed by atoms with Crippen LogP contribution in [0.5, 0.6) is 5.75 Å². The van der Waals surface area contributed by atoms with Gasteiger partial charge in [-0.05, 0) is 61.6 Å². The second-order valence-electron chi connectivity index (χ2n) is 6.91. The fraction of sp³-hybridized carbons (Fsp3) is 0.409. The van der Waals surface area contributed by atoms with Gasteiger partial charge in [0.2, 0.25) is 0 Å². The average Bonchev–Trinajstić information content (AvgIpc) is 3.19. The predicted molar refractivity (Wildman–Crippen MR) is 106 cm³/mol. The Hall–Kier alpha value is -2.49. The third-order valence-corrected chi connectivity index (χ3v) is 4.81. The van der Waals surface area contributed by atoms with Crippen LogP contribution >= 0.6 is 0 Å². The Morgan fingerprint density at radius 2 is 1.88 bits per heavy atom. The van der Waals surface area contributed by atoms with E-state index in [0.717, 1.165) is 30.0 Å². The van der Waals surface area contributed by atoms with Crippen LogP contribution in [0.3, 0.4) is 0 Å². The number of rotatable bonds is 7. The van der Waals surface area contributed by atoms with E-state index in [0.29, 0.717) is 13.0 Å². The molecular weight excluding hydrogens is 324 g/mol. The van der Waals surface area contributed by atoms with Gasteiger partial charge in [-0.1, -0.05) is 31.2 Å². The fourth-order valence-corrected chi connectivity index (χ4v) is 3.28. The summed E-state index contributed by atoms with van der Waals surface area (Å²) in [7, 11) is 0. The number of hydrogen-bond donors (Lipinski definition) is 1. The van der Waals surface area contributed by atoms with Crippen LogP contribution in [0.15, 0.2) is 48.5 Å². The van der Waals surface area contributed by atoms with E-state index in [1.165, 1.54) is 18.5 Å². The largest absolute Gasteiger partial charge is 0.481 e. The number of ether oxygens (including phenoxy) is 1. The minimum Gasteiger partial charge on any atom is -0.481 e. The maximum atomic E-state index is 12.5. The van der Waals surface area contributed by atoms with Gasteiger partial charge in [0.05, 0.1) is 0 Å². The SMILES string of the molecule is CC[C@H](Oc1cccc(C)c1)C(=O)NCc1ccc(N2CCCC2)cc1. The summed E-state index contributed by atoms with van der Waals surface area (Å²) in [6, 6.07) is 16.3. The topological polar surface area (TPSA) is 41.6 Å². The molecule has 0 aliphatic carbocycles. The molecule has 1 fully saturated rings. The summed E-state index contributed by atoms with van der Waals surface area (Å²) >= 11 is 0. The van der Waals surface area contributed by atoms with Gasteiger partial charge in [-0.3, -0.25) is 4.79 Å². The Bertz CT molecular complexity index is 721. The van der Waals surface area contributed by atoms with Crippen molar-refractivity contribution in [3.63, 3.8) is 0 Å². The molecule has 0 radical (unpaired) electrons. The highest BCUT2D eigenvalue weighted by Gasteiger charge is 2.18. The molecule has 0 spiro atoms. The summed E-state index contributed by atoms with van der Waals surface area (Å²) in [5, 5.41) is 3.00. The molecule has 3 rings (SSSR count). The van der Waals surface area contributed by atoms with Crippen LogP contribution in [0, 0.1) is 6.92 Å². The van der Waals surface area contributed by atoms with E-state index in [2.05, 4.69) is 34.5 Å².